The van der Waals surface area contributed by atoms with Crippen LogP contribution in [0.4, 0.5) is 4.39 Å². The van der Waals surface area contributed by atoms with Gasteiger partial charge in [0.05, 0.1) is 11.7 Å². The van der Waals surface area contributed by atoms with E-state index < -0.39 is 11.9 Å². The average molecular weight is 359 g/mol. The van der Waals surface area contributed by atoms with Crippen LogP contribution >= 0.6 is 11.6 Å². The topological polar surface area (TPSA) is 59.8 Å². The van der Waals surface area contributed by atoms with Crippen molar-refractivity contribution in [3.63, 3.8) is 0 Å². The van der Waals surface area contributed by atoms with Gasteiger partial charge in [-0.2, -0.15) is 0 Å². The van der Waals surface area contributed by atoms with Gasteiger partial charge in [0.2, 0.25) is 5.82 Å². The lowest BCUT2D eigenvalue weighted by molar-refractivity contribution is 0.0929. The summed E-state index contributed by atoms with van der Waals surface area (Å²) in [5.74, 6) is -0.251. The second-order valence-electron chi connectivity index (χ2n) is 5.59. The van der Waals surface area contributed by atoms with Crippen molar-refractivity contribution < 1.29 is 9.18 Å². The molecule has 128 valence electrons. The van der Waals surface area contributed by atoms with Gasteiger partial charge in [0.1, 0.15) is 11.6 Å². The molecule has 0 aliphatic heterocycles. The van der Waals surface area contributed by atoms with Gasteiger partial charge in [-0.05, 0) is 44.2 Å². The zero-order chi connectivity index (χ0) is 18.0. The summed E-state index contributed by atoms with van der Waals surface area (Å²) in [6.07, 6.45) is 0. The minimum Gasteiger partial charge on any atom is -0.343 e. The number of carbonyl (C=O) groups is 1. The Balaban J connectivity index is 1.80. The molecule has 1 atom stereocenters. The Morgan fingerprint density at radius 1 is 1.20 bits per heavy atom. The van der Waals surface area contributed by atoms with Gasteiger partial charge < -0.3 is 5.32 Å². The van der Waals surface area contributed by atoms with Gasteiger partial charge >= 0.3 is 0 Å². The van der Waals surface area contributed by atoms with E-state index in [4.69, 9.17) is 11.6 Å². The standard InChI is InChI=1S/C18H16ClFN4O/c1-11(15-5-3-4-6-16(15)20)21-18(25)17-22-12(2)24(23-17)14-9-7-13(19)8-10-14/h3-11H,1-2H3,(H,21,25). The van der Waals surface area contributed by atoms with Crippen LogP contribution in [0.1, 0.15) is 35.0 Å². The Morgan fingerprint density at radius 3 is 2.56 bits per heavy atom. The molecule has 0 radical (unpaired) electrons. The summed E-state index contributed by atoms with van der Waals surface area (Å²) in [5.41, 5.74) is 1.15. The molecule has 0 aliphatic carbocycles. The Labute approximate surface area is 149 Å². The van der Waals surface area contributed by atoms with Crippen molar-refractivity contribution in [1.29, 1.82) is 0 Å². The molecule has 0 saturated heterocycles. The van der Waals surface area contributed by atoms with E-state index in [0.29, 0.717) is 16.4 Å². The zero-order valence-electron chi connectivity index (χ0n) is 13.7. The monoisotopic (exact) mass is 358 g/mol. The highest BCUT2D eigenvalue weighted by Crippen LogP contribution is 2.17. The van der Waals surface area contributed by atoms with Crippen molar-refractivity contribution >= 4 is 17.5 Å². The van der Waals surface area contributed by atoms with Crippen molar-refractivity contribution in [3.05, 3.63) is 76.6 Å². The van der Waals surface area contributed by atoms with Gasteiger partial charge in [0, 0.05) is 10.6 Å². The van der Waals surface area contributed by atoms with Crippen LogP contribution in [0.5, 0.6) is 0 Å². The number of carbonyl (C=O) groups excluding carboxylic acids is 1. The maximum Gasteiger partial charge on any atom is 0.291 e. The van der Waals surface area contributed by atoms with Gasteiger partial charge in [-0.3, -0.25) is 4.79 Å². The molecule has 1 N–H and O–H groups in total. The maximum absolute atomic E-state index is 13.8. The highest BCUT2D eigenvalue weighted by Gasteiger charge is 2.19. The number of aromatic nitrogens is 3. The molecule has 0 aliphatic rings. The Hall–Kier alpha value is -2.73. The van der Waals surface area contributed by atoms with Crippen LogP contribution < -0.4 is 5.32 Å². The Morgan fingerprint density at radius 2 is 1.88 bits per heavy atom. The first-order chi connectivity index (χ1) is 12.0. The molecule has 2 aromatic carbocycles. The molecule has 1 heterocycles. The molecule has 7 heteroatoms. The van der Waals surface area contributed by atoms with Crippen molar-refractivity contribution in [3.8, 4) is 5.69 Å². The van der Waals surface area contributed by atoms with Crippen LogP contribution in [0.15, 0.2) is 48.5 Å². The highest BCUT2D eigenvalue weighted by molar-refractivity contribution is 6.30. The third-order valence-corrected chi connectivity index (χ3v) is 4.01. The number of halogens is 2. The van der Waals surface area contributed by atoms with E-state index in [1.165, 1.54) is 6.07 Å². The lowest BCUT2D eigenvalue weighted by Crippen LogP contribution is -2.28. The second kappa shape index (κ2) is 7.03. The molecule has 0 fully saturated rings. The number of nitrogens with one attached hydrogen (secondary N) is 1. The highest BCUT2D eigenvalue weighted by atomic mass is 35.5. The minimum absolute atomic E-state index is 0.0237. The van der Waals surface area contributed by atoms with E-state index in [9.17, 15) is 9.18 Å². The Kier molecular flexibility index (Phi) is 4.81. The predicted molar refractivity (Wildman–Crippen MR) is 93.4 cm³/mol. The fourth-order valence-corrected chi connectivity index (χ4v) is 2.60. The third-order valence-electron chi connectivity index (χ3n) is 3.76. The van der Waals surface area contributed by atoms with Gasteiger partial charge in [-0.15, -0.1) is 5.10 Å². The van der Waals surface area contributed by atoms with Gasteiger partial charge in [-0.25, -0.2) is 14.1 Å². The van der Waals surface area contributed by atoms with Crippen molar-refractivity contribution in [2.75, 3.05) is 0 Å². The third kappa shape index (κ3) is 3.69. The van der Waals surface area contributed by atoms with Crippen LogP contribution in [0, 0.1) is 12.7 Å². The van der Waals surface area contributed by atoms with Crippen LogP contribution in [0.25, 0.3) is 5.69 Å². The van der Waals surface area contributed by atoms with Crippen LogP contribution in [0.3, 0.4) is 0 Å². The van der Waals surface area contributed by atoms with Crippen LogP contribution in [-0.2, 0) is 0 Å². The molecular formula is C18H16ClFN4O. The molecule has 25 heavy (non-hydrogen) atoms. The first-order valence-electron chi connectivity index (χ1n) is 7.70. The van der Waals surface area contributed by atoms with E-state index in [1.54, 1.807) is 61.0 Å². The van der Waals surface area contributed by atoms with Crippen molar-refractivity contribution in [1.82, 2.24) is 20.1 Å². The molecule has 1 unspecified atom stereocenters. The SMILES string of the molecule is Cc1nc(C(=O)NC(C)c2ccccc2F)nn1-c1ccc(Cl)cc1. The van der Waals surface area contributed by atoms with E-state index >= 15 is 0 Å². The summed E-state index contributed by atoms with van der Waals surface area (Å²) in [7, 11) is 0. The summed E-state index contributed by atoms with van der Waals surface area (Å²) in [5, 5.41) is 7.56. The number of benzene rings is 2. The lowest BCUT2D eigenvalue weighted by atomic mass is 10.1. The van der Waals surface area contributed by atoms with Gasteiger partial charge in [0.25, 0.3) is 5.91 Å². The van der Waals surface area contributed by atoms with Crippen LogP contribution in [-0.4, -0.2) is 20.7 Å². The molecule has 3 rings (SSSR count). The Bertz CT molecular complexity index is 908. The zero-order valence-corrected chi connectivity index (χ0v) is 14.5. The quantitative estimate of drug-likeness (QED) is 0.770. The smallest absolute Gasteiger partial charge is 0.291 e. The molecule has 5 nitrogen and oxygen atoms in total. The van der Waals surface area contributed by atoms with Gasteiger partial charge in [-0.1, -0.05) is 29.8 Å². The first kappa shape index (κ1) is 17.1. The van der Waals surface area contributed by atoms with E-state index in [0.717, 1.165) is 5.69 Å². The summed E-state index contributed by atoms with van der Waals surface area (Å²) < 4.78 is 15.4. The maximum atomic E-state index is 13.8. The number of hydrogen-bond donors (Lipinski definition) is 1. The summed E-state index contributed by atoms with van der Waals surface area (Å²) in [4.78, 5) is 16.6. The lowest BCUT2D eigenvalue weighted by Gasteiger charge is -2.13. The fourth-order valence-electron chi connectivity index (χ4n) is 2.48. The molecular weight excluding hydrogens is 343 g/mol. The van der Waals surface area contributed by atoms with Crippen LogP contribution in [0.2, 0.25) is 5.02 Å². The average Bonchev–Trinajstić information content (AvgIpc) is 2.98. The summed E-state index contributed by atoms with van der Waals surface area (Å²) >= 11 is 5.88. The summed E-state index contributed by atoms with van der Waals surface area (Å²) in [6.45, 7) is 3.46. The van der Waals surface area contributed by atoms with E-state index in [1.807, 2.05) is 0 Å². The first-order valence-corrected chi connectivity index (χ1v) is 8.08. The van der Waals surface area contributed by atoms with Gasteiger partial charge in [0.15, 0.2) is 0 Å². The number of amides is 1. The normalized spacial score (nSPS) is 12.0. The number of aryl methyl sites for hydroxylation is 1. The minimum atomic E-state index is -0.503. The predicted octanol–water partition coefficient (Wildman–Crippen LogP) is 3.86. The molecule has 0 bridgehead atoms. The molecule has 1 aromatic heterocycles. The molecule has 0 spiro atoms. The second-order valence-corrected chi connectivity index (χ2v) is 6.02. The number of hydrogen-bond acceptors (Lipinski definition) is 3. The fraction of sp³-hybridized carbons (Fsp3) is 0.167. The molecule has 0 saturated carbocycles. The van der Waals surface area contributed by atoms with E-state index in [2.05, 4.69) is 15.4 Å². The van der Waals surface area contributed by atoms with Crippen molar-refractivity contribution in [2.24, 2.45) is 0 Å². The van der Waals surface area contributed by atoms with Crippen molar-refractivity contribution in [2.45, 2.75) is 19.9 Å². The largest absolute Gasteiger partial charge is 0.343 e. The molecule has 3 aromatic rings. The van der Waals surface area contributed by atoms with E-state index in [-0.39, 0.29) is 11.6 Å². The number of rotatable bonds is 4. The number of nitrogens with zero attached hydrogens (tertiary/aromatic N) is 3. The molecule has 1 amide bonds. The summed E-state index contributed by atoms with van der Waals surface area (Å²) in [6, 6.07) is 12.8.